The monoisotopic (exact) mass is 335 g/mol. The van der Waals surface area contributed by atoms with Crippen LogP contribution in [0.15, 0.2) is 46.7 Å². The average Bonchev–Trinajstić information content (AvgIpc) is 2.82. The molecule has 0 aliphatic carbocycles. The smallest absolute Gasteiger partial charge is 0.206 e. The minimum absolute atomic E-state index is 0.291. The maximum absolute atomic E-state index is 12.9. The molecule has 1 saturated heterocycles. The molecular formula is C17H21NO2S2. The summed E-state index contributed by atoms with van der Waals surface area (Å²) >= 11 is 1.36. The van der Waals surface area contributed by atoms with Gasteiger partial charge in [-0.3, -0.25) is 0 Å². The van der Waals surface area contributed by atoms with Crippen molar-refractivity contribution in [2.45, 2.75) is 36.3 Å². The van der Waals surface area contributed by atoms with Crippen LogP contribution in [-0.2, 0) is 10.0 Å². The first kappa shape index (κ1) is 15.7. The normalized spacial score (nSPS) is 20.7. The first-order chi connectivity index (χ1) is 10.6. The summed E-state index contributed by atoms with van der Waals surface area (Å²) in [5.41, 5.74) is 1.24. The molecule has 0 amide bonds. The van der Waals surface area contributed by atoms with Gasteiger partial charge in [0.1, 0.15) is 4.21 Å². The summed E-state index contributed by atoms with van der Waals surface area (Å²) in [4.78, 5) is 1.04. The van der Waals surface area contributed by atoms with E-state index in [1.165, 1.54) is 16.9 Å². The molecule has 5 heteroatoms. The van der Waals surface area contributed by atoms with E-state index >= 15 is 0 Å². The molecule has 3 nitrogen and oxygen atoms in total. The minimum atomic E-state index is -3.35. The average molecular weight is 335 g/mol. The van der Waals surface area contributed by atoms with E-state index in [-0.39, 0.29) is 0 Å². The van der Waals surface area contributed by atoms with Crippen molar-refractivity contribution in [3.63, 3.8) is 0 Å². The Morgan fingerprint density at radius 1 is 1.09 bits per heavy atom. The number of benzene rings is 1. The molecule has 0 unspecified atom stereocenters. The van der Waals surface area contributed by atoms with Crippen LogP contribution in [0.3, 0.4) is 0 Å². The third-order valence-corrected chi connectivity index (χ3v) is 7.55. The summed E-state index contributed by atoms with van der Waals surface area (Å²) in [5, 5.41) is 0. The maximum atomic E-state index is 12.9. The fourth-order valence-corrected chi connectivity index (χ4v) is 5.96. The Hall–Kier alpha value is -1.17. The lowest BCUT2D eigenvalue weighted by Gasteiger charge is -2.23. The quantitative estimate of drug-likeness (QED) is 0.850. The summed E-state index contributed by atoms with van der Waals surface area (Å²) in [6.07, 6.45) is 3.07. The van der Waals surface area contributed by atoms with E-state index in [1.54, 1.807) is 10.4 Å². The van der Waals surface area contributed by atoms with Gasteiger partial charge in [-0.15, -0.1) is 11.3 Å². The Labute approximate surface area is 136 Å². The predicted octanol–water partition coefficient (Wildman–Crippen LogP) is 4.01. The lowest BCUT2D eigenvalue weighted by atomic mass is 9.95. The number of hydrogen-bond donors (Lipinski definition) is 0. The third kappa shape index (κ3) is 3.26. The van der Waals surface area contributed by atoms with Crippen molar-refractivity contribution in [2.24, 2.45) is 0 Å². The van der Waals surface area contributed by atoms with Crippen molar-refractivity contribution in [2.75, 3.05) is 13.1 Å². The van der Waals surface area contributed by atoms with Crippen LogP contribution in [0.25, 0.3) is 0 Å². The lowest BCUT2D eigenvalue weighted by molar-refractivity contribution is 0.407. The second-order valence-corrected chi connectivity index (χ2v) is 9.28. The van der Waals surface area contributed by atoms with E-state index < -0.39 is 10.0 Å². The number of rotatable bonds is 3. The van der Waals surface area contributed by atoms with E-state index in [4.69, 9.17) is 0 Å². The van der Waals surface area contributed by atoms with Crippen LogP contribution in [0.1, 0.15) is 35.6 Å². The van der Waals surface area contributed by atoms with Crippen LogP contribution in [0.4, 0.5) is 0 Å². The van der Waals surface area contributed by atoms with Crippen LogP contribution in [0.5, 0.6) is 0 Å². The molecule has 1 aliphatic heterocycles. The van der Waals surface area contributed by atoms with Gasteiger partial charge in [-0.2, -0.15) is 4.31 Å². The Kier molecular flexibility index (Phi) is 4.66. The largest absolute Gasteiger partial charge is 0.252 e. The molecule has 22 heavy (non-hydrogen) atoms. The Balaban J connectivity index is 1.87. The summed E-state index contributed by atoms with van der Waals surface area (Å²) < 4.78 is 27.9. The number of hydrogen-bond acceptors (Lipinski definition) is 3. The van der Waals surface area contributed by atoms with Gasteiger partial charge in [-0.05, 0) is 43.4 Å². The zero-order valence-electron chi connectivity index (χ0n) is 12.7. The van der Waals surface area contributed by atoms with Gasteiger partial charge in [-0.1, -0.05) is 36.8 Å². The van der Waals surface area contributed by atoms with E-state index in [0.717, 1.165) is 24.1 Å². The van der Waals surface area contributed by atoms with Crippen molar-refractivity contribution < 1.29 is 8.42 Å². The molecule has 0 bridgehead atoms. The molecule has 118 valence electrons. The Morgan fingerprint density at radius 3 is 2.55 bits per heavy atom. The van der Waals surface area contributed by atoms with Gasteiger partial charge in [-0.25, -0.2) is 8.42 Å². The SMILES string of the molecule is Cc1ccc(S(=O)(=O)N2CCCC[C@H](c3ccccc3)C2)s1. The van der Waals surface area contributed by atoms with Gasteiger partial charge >= 0.3 is 0 Å². The zero-order valence-corrected chi connectivity index (χ0v) is 14.4. The molecule has 1 atom stereocenters. The first-order valence-corrected chi connectivity index (χ1v) is 9.94. The van der Waals surface area contributed by atoms with Crippen molar-refractivity contribution in [3.8, 4) is 0 Å². The second kappa shape index (κ2) is 6.52. The van der Waals surface area contributed by atoms with Gasteiger partial charge < -0.3 is 0 Å². The van der Waals surface area contributed by atoms with E-state index in [1.807, 2.05) is 31.2 Å². The summed E-state index contributed by atoms with van der Waals surface area (Å²) in [7, 11) is -3.35. The van der Waals surface area contributed by atoms with Crippen LogP contribution in [-0.4, -0.2) is 25.8 Å². The van der Waals surface area contributed by atoms with Crippen molar-refractivity contribution in [1.29, 1.82) is 0 Å². The highest BCUT2D eigenvalue weighted by Crippen LogP contribution is 2.31. The van der Waals surface area contributed by atoms with Crippen LogP contribution >= 0.6 is 11.3 Å². The minimum Gasteiger partial charge on any atom is -0.206 e. The van der Waals surface area contributed by atoms with Crippen LogP contribution < -0.4 is 0 Å². The van der Waals surface area contributed by atoms with Crippen LogP contribution in [0.2, 0.25) is 0 Å². The highest BCUT2D eigenvalue weighted by molar-refractivity contribution is 7.91. The molecule has 2 heterocycles. The third-order valence-electron chi connectivity index (χ3n) is 4.21. The fraction of sp³-hybridized carbons (Fsp3) is 0.412. The van der Waals surface area contributed by atoms with E-state index in [9.17, 15) is 8.42 Å². The van der Waals surface area contributed by atoms with Gasteiger partial charge in [0, 0.05) is 18.0 Å². The first-order valence-electron chi connectivity index (χ1n) is 7.69. The Bertz CT molecular complexity index is 722. The van der Waals surface area contributed by atoms with E-state index in [2.05, 4.69) is 12.1 Å². The molecular weight excluding hydrogens is 314 g/mol. The molecule has 1 aliphatic rings. The number of thiophene rings is 1. The lowest BCUT2D eigenvalue weighted by Crippen LogP contribution is -2.33. The summed E-state index contributed by atoms with van der Waals surface area (Å²) in [6.45, 7) is 3.16. The number of sulfonamides is 1. The van der Waals surface area contributed by atoms with Gasteiger partial charge in [0.25, 0.3) is 10.0 Å². The molecule has 1 fully saturated rings. The van der Waals surface area contributed by atoms with Crippen molar-refractivity contribution in [1.82, 2.24) is 4.31 Å². The zero-order chi connectivity index (χ0) is 15.6. The van der Waals surface area contributed by atoms with Gasteiger partial charge in [0.15, 0.2) is 0 Å². The predicted molar refractivity (Wildman–Crippen MR) is 90.8 cm³/mol. The molecule has 1 aromatic carbocycles. The fourth-order valence-electron chi connectivity index (χ4n) is 3.00. The number of aryl methyl sites for hydroxylation is 1. The molecule has 2 aromatic rings. The second-order valence-electron chi connectivity index (χ2n) is 5.83. The molecule has 0 N–H and O–H groups in total. The molecule has 1 aromatic heterocycles. The highest BCUT2D eigenvalue weighted by atomic mass is 32.2. The molecule has 3 rings (SSSR count). The number of nitrogens with zero attached hydrogens (tertiary/aromatic N) is 1. The van der Waals surface area contributed by atoms with Crippen molar-refractivity contribution in [3.05, 3.63) is 52.9 Å². The standard InChI is InChI=1S/C17H21NO2S2/c1-14-10-11-17(21-14)22(19,20)18-12-6-5-9-16(13-18)15-7-3-2-4-8-15/h2-4,7-8,10-11,16H,5-6,9,12-13H2,1H3/t16-/m0/s1. The van der Waals surface area contributed by atoms with Crippen molar-refractivity contribution >= 4 is 21.4 Å². The highest BCUT2D eigenvalue weighted by Gasteiger charge is 2.30. The molecule has 0 radical (unpaired) electrons. The van der Waals surface area contributed by atoms with E-state index in [0.29, 0.717) is 23.2 Å². The molecule has 0 spiro atoms. The van der Waals surface area contributed by atoms with Gasteiger partial charge in [0.05, 0.1) is 0 Å². The van der Waals surface area contributed by atoms with Crippen LogP contribution in [0, 0.1) is 6.92 Å². The summed E-state index contributed by atoms with van der Waals surface area (Å²) in [5.74, 6) is 0.291. The maximum Gasteiger partial charge on any atom is 0.252 e. The summed E-state index contributed by atoms with van der Waals surface area (Å²) in [6, 6.07) is 13.9. The van der Waals surface area contributed by atoms with Gasteiger partial charge in [0.2, 0.25) is 0 Å². The Morgan fingerprint density at radius 2 is 1.86 bits per heavy atom. The topological polar surface area (TPSA) is 37.4 Å². The molecule has 0 saturated carbocycles.